The summed E-state index contributed by atoms with van der Waals surface area (Å²) in [6, 6.07) is 13.1. The Morgan fingerprint density at radius 1 is 1.16 bits per heavy atom. The van der Waals surface area contributed by atoms with Crippen LogP contribution >= 0.6 is 0 Å². The number of methoxy groups -OCH3 is 1. The van der Waals surface area contributed by atoms with Crippen molar-refractivity contribution in [2.45, 2.75) is 32.7 Å². The van der Waals surface area contributed by atoms with Gasteiger partial charge in [-0.25, -0.2) is 0 Å². The Hall–Kier alpha value is -3.62. The van der Waals surface area contributed by atoms with Crippen LogP contribution in [0.3, 0.4) is 0 Å². The standard InChI is InChI=1S/C23H29N3O6/c1-4-19(23(28)24-5-2)25(14-13-17-9-7-6-8-10-17)22(27)16-32-18-11-12-20(26(29)30)21(15-18)31-3/h6-12,15,19H,4-5,13-14,16H2,1-3H3,(H,24,28)/t19-/m1/s1. The first-order chi connectivity index (χ1) is 15.4. The number of hydrogen-bond acceptors (Lipinski definition) is 6. The van der Waals surface area contributed by atoms with Gasteiger partial charge in [0, 0.05) is 25.2 Å². The molecule has 0 bridgehead atoms. The van der Waals surface area contributed by atoms with Gasteiger partial charge >= 0.3 is 5.69 Å². The molecule has 0 spiro atoms. The zero-order valence-electron chi connectivity index (χ0n) is 18.6. The molecule has 0 saturated heterocycles. The lowest BCUT2D eigenvalue weighted by Crippen LogP contribution is -2.51. The van der Waals surface area contributed by atoms with Crippen LogP contribution in [0.4, 0.5) is 5.69 Å². The third kappa shape index (κ3) is 6.69. The SMILES string of the molecule is CCNC(=O)[C@@H](CC)N(CCc1ccccc1)C(=O)COc1ccc([N+](=O)[O-])c(OC)c1. The van der Waals surface area contributed by atoms with Crippen LogP contribution in [0, 0.1) is 10.1 Å². The molecule has 1 N–H and O–H groups in total. The summed E-state index contributed by atoms with van der Waals surface area (Å²) in [5, 5.41) is 13.8. The molecule has 0 saturated carbocycles. The number of amides is 2. The first-order valence-electron chi connectivity index (χ1n) is 10.5. The summed E-state index contributed by atoms with van der Waals surface area (Å²) in [6.45, 7) is 4.18. The zero-order chi connectivity index (χ0) is 23.5. The molecule has 0 heterocycles. The minimum atomic E-state index is -0.624. The number of carbonyl (C=O) groups excluding carboxylic acids is 2. The van der Waals surface area contributed by atoms with Gasteiger partial charge in [0.25, 0.3) is 5.91 Å². The predicted molar refractivity (Wildman–Crippen MR) is 120 cm³/mol. The average molecular weight is 444 g/mol. The molecule has 32 heavy (non-hydrogen) atoms. The molecule has 9 nitrogen and oxygen atoms in total. The quantitative estimate of drug-likeness (QED) is 0.399. The minimum Gasteiger partial charge on any atom is -0.490 e. The van der Waals surface area contributed by atoms with Crippen LogP contribution in [0.1, 0.15) is 25.8 Å². The molecule has 0 fully saturated rings. The highest BCUT2D eigenvalue weighted by Gasteiger charge is 2.28. The molecule has 9 heteroatoms. The highest BCUT2D eigenvalue weighted by molar-refractivity contribution is 5.88. The van der Waals surface area contributed by atoms with E-state index in [1.54, 1.807) is 0 Å². The van der Waals surface area contributed by atoms with Gasteiger partial charge in [0.15, 0.2) is 6.61 Å². The molecule has 0 aliphatic carbocycles. The molecule has 172 valence electrons. The van der Waals surface area contributed by atoms with E-state index in [0.717, 1.165) is 5.56 Å². The summed E-state index contributed by atoms with van der Waals surface area (Å²) in [7, 11) is 1.32. The van der Waals surface area contributed by atoms with Crippen LogP contribution in [0.5, 0.6) is 11.5 Å². The minimum absolute atomic E-state index is 0.0367. The van der Waals surface area contributed by atoms with Gasteiger partial charge in [-0.2, -0.15) is 0 Å². The average Bonchev–Trinajstić information content (AvgIpc) is 2.80. The second-order valence-corrected chi connectivity index (χ2v) is 7.02. The molecular formula is C23H29N3O6. The Morgan fingerprint density at radius 2 is 1.88 bits per heavy atom. The number of benzene rings is 2. The van der Waals surface area contributed by atoms with Crippen LogP contribution in [0.25, 0.3) is 0 Å². The molecule has 2 amide bonds. The van der Waals surface area contributed by atoms with E-state index in [-0.39, 0.29) is 35.6 Å². The van der Waals surface area contributed by atoms with Crippen LogP contribution in [-0.4, -0.2) is 54.5 Å². The molecule has 0 aromatic heterocycles. The molecule has 0 unspecified atom stereocenters. The molecule has 2 aromatic rings. The highest BCUT2D eigenvalue weighted by Crippen LogP contribution is 2.30. The van der Waals surface area contributed by atoms with Crippen molar-refractivity contribution >= 4 is 17.5 Å². The topological polar surface area (TPSA) is 111 Å². The lowest BCUT2D eigenvalue weighted by atomic mass is 10.1. The van der Waals surface area contributed by atoms with Crippen LogP contribution in [0.15, 0.2) is 48.5 Å². The van der Waals surface area contributed by atoms with E-state index < -0.39 is 11.0 Å². The van der Waals surface area contributed by atoms with Gasteiger partial charge in [-0.05, 0) is 31.4 Å². The van der Waals surface area contributed by atoms with Gasteiger partial charge in [0.2, 0.25) is 11.7 Å². The Morgan fingerprint density at radius 3 is 2.47 bits per heavy atom. The molecule has 0 aliphatic heterocycles. The van der Waals surface area contributed by atoms with Gasteiger partial charge in [-0.3, -0.25) is 19.7 Å². The van der Waals surface area contributed by atoms with Gasteiger partial charge in [0.1, 0.15) is 11.8 Å². The largest absolute Gasteiger partial charge is 0.490 e. The van der Waals surface area contributed by atoms with Crippen molar-refractivity contribution < 1.29 is 24.0 Å². The third-order valence-corrected chi connectivity index (χ3v) is 4.93. The van der Waals surface area contributed by atoms with E-state index in [2.05, 4.69) is 5.32 Å². The number of hydrogen-bond donors (Lipinski definition) is 1. The Labute approximate surface area is 187 Å². The van der Waals surface area contributed by atoms with Crippen molar-refractivity contribution in [2.75, 3.05) is 26.8 Å². The number of carbonyl (C=O) groups is 2. The van der Waals surface area contributed by atoms with Gasteiger partial charge in [-0.1, -0.05) is 37.3 Å². The Bertz CT molecular complexity index is 919. The first-order valence-corrected chi connectivity index (χ1v) is 10.5. The number of likely N-dealkylation sites (N-methyl/N-ethyl adjacent to an activating group) is 1. The number of ether oxygens (including phenoxy) is 2. The molecule has 2 aromatic carbocycles. The van der Waals surface area contributed by atoms with Crippen LogP contribution < -0.4 is 14.8 Å². The highest BCUT2D eigenvalue weighted by atomic mass is 16.6. The summed E-state index contributed by atoms with van der Waals surface area (Å²) in [4.78, 5) is 37.6. The number of nitro groups is 1. The monoisotopic (exact) mass is 443 g/mol. The lowest BCUT2D eigenvalue weighted by molar-refractivity contribution is -0.385. The normalized spacial score (nSPS) is 11.3. The lowest BCUT2D eigenvalue weighted by Gasteiger charge is -2.30. The second-order valence-electron chi connectivity index (χ2n) is 7.02. The molecule has 1 atom stereocenters. The van der Waals surface area contributed by atoms with Crippen molar-refractivity contribution in [1.29, 1.82) is 0 Å². The summed E-state index contributed by atoms with van der Waals surface area (Å²) in [5.41, 5.74) is 0.857. The number of nitro benzene ring substituents is 1. The van der Waals surface area contributed by atoms with Crippen molar-refractivity contribution in [2.24, 2.45) is 0 Å². The fourth-order valence-corrected chi connectivity index (χ4v) is 3.31. The molecular weight excluding hydrogens is 414 g/mol. The molecule has 0 radical (unpaired) electrons. The maximum absolute atomic E-state index is 13.1. The van der Waals surface area contributed by atoms with Crippen molar-refractivity contribution in [3.05, 3.63) is 64.2 Å². The maximum Gasteiger partial charge on any atom is 0.311 e. The summed E-state index contributed by atoms with van der Waals surface area (Å²) in [5.74, 6) is -0.269. The smallest absolute Gasteiger partial charge is 0.311 e. The van der Waals surface area contributed by atoms with E-state index in [0.29, 0.717) is 25.9 Å². The van der Waals surface area contributed by atoms with Gasteiger partial charge in [0.05, 0.1) is 12.0 Å². The Balaban J connectivity index is 2.15. The van der Waals surface area contributed by atoms with Crippen LogP contribution in [-0.2, 0) is 16.0 Å². The van der Waals surface area contributed by atoms with Gasteiger partial charge in [-0.15, -0.1) is 0 Å². The van der Waals surface area contributed by atoms with Gasteiger partial charge < -0.3 is 19.7 Å². The Kier molecular flexibility index (Phi) is 9.46. The number of nitrogens with one attached hydrogen (secondary N) is 1. The number of nitrogens with zero attached hydrogens (tertiary/aromatic N) is 2. The number of rotatable bonds is 12. The molecule has 2 rings (SSSR count). The van der Waals surface area contributed by atoms with Crippen molar-refractivity contribution in [3.63, 3.8) is 0 Å². The predicted octanol–water partition coefficient (Wildman–Crippen LogP) is 2.97. The first kappa shape index (κ1) is 24.6. The fourth-order valence-electron chi connectivity index (χ4n) is 3.31. The third-order valence-electron chi connectivity index (χ3n) is 4.93. The zero-order valence-corrected chi connectivity index (χ0v) is 18.6. The fraction of sp³-hybridized carbons (Fsp3) is 0.391. The van der Waals surface area contributed by atoms with Crippen molar-refractivity contribution in [1.82, 2.24) is 10.2 Å². The van der Waals surface area contributed by atoms with E-state index in [9.17, 15) is 19.7 Å². The van der Waals surface area contributed by atoms with E-state index in [4.69, 9.17) is 9.47 Å². The van der Waals surface area contributed by atoms with E-state index >= 15 is 0 Å². The maximum atomic E-state index is 13.1. The van der Waals surface area contributed by atoms with E-state index in [1.807, 2.05) is 44.2 Å². The van der Waals surface area contributed by atoms with Crippen molar-refractivity contribution in [3.8, 4) is 11.5 Å². The molecule has 0 aliphatic rings. The summed E-state index contributed by atoms with van der Waals surface area (Å²) in [6.07, 6.45) is 1.05. The summed E-state index contributed by atoms with van der Waals surface area (Å²) < 4.78 is 10.6. The van der Waals surface area contributed by atoms with E-state index in [1.165, 1.54) is 30.2 Å². The summed E-state index contributed by atoms with van der Waals surface area (Å²) >= 11 is 0. The second kappa shape index (κ2) is 12.3. The van der Waals surface area contributed by atoms with Crippen LogP contribution in [0.2, 0.25) is 0 Å².